The largest absolute Gasteiger partial charge is 0.347 e. The molecule has 2 aliphatic heterocycles. The number of fused-ring (bicyclic) bond motifs is 2. The predicted octanol–water partition coefficient (Wildman–Crippen LogP) is 6.36. The summed E-state index contributed by atoms with van der Waals surface area (Å²) in [6.07, 6.45) is 6.20. The summed E-state index contributed by atoms with van der Waals surface area (Å²) in [5.41, 5.74) is 4.81. The third-order valence-electron chi connectivity index (χ3n) is 9.09. The van der Waals surface area contributed by atoms with Crippen molar-refractivity contribution in [2.24, 2.45) is 5.92 Å². The fourth-order valence-corrected chi connectivity index (χ4v) is 8.00. The van der Waals surface area contributed by atoms with Crippen LogP contribution in [0.15, 0.2) is 21.8 Å². The molecule has 3 fully saturated rings. The Kier molecular flexibility index (Phi) is 10.3. The number of carbonyl (C=O) groups is 2. The van der Waals surface area contributed by atoms with Gasteiger partial charge in [0.2, 0.25) is 11.8 Å². The van der Waals surface area contributed by atoms with Crippen molar-refractivity contribution in [1.29, 1.82) is 0 Å². The van der Waals surface area contributed by atoms with E-state index in [4.69, 9.17) is 0 Å². The smallest absolute Gasteiger partial charge is 0.248 e. The minimum absolute atomic E-state index is 0.102. The first-order chi connectivity index (χ1) is 20.6. The number of aromatic nitrogens is 5. The number of nitrogens with zero attached hydrogens (tertiary/aromatic N) is 6. The number of alkyl halides is 2. The summed E-state index contributed by atoms with van der Waals surface area (Å²) in [6, 6.07) is 1.28. The SMILES string of the molecule is Cc1nnc(C(C)C)n1C1CC2CCC(C1)N2CC[C@H](NC(=O)C1CCC(F)(F)CC1)c1cscn1.O=Cc1cscn1. The molecule has 0 radical (unpaired) electrons. The van der Waals surface area contributed by atoms with E-state index in [1.807, 2.05) is 5.38 Å². The first-order valence-corrected chi connectivity index (χ1v) is 17.1. The lowest BCUT2D eigenvalue weighted by Gasteiger charge is -2.40. The van der Waals surface area contributed by atoms with Crippen molar-refractivity contribution in [2.75, 3.05) is 6.54 Å². The second kappa shape index (κ2) is 14.0. The van der Waals surface area contributed by atoms with Crippen LogP contribution < -0.4 is 5.32 Å². The minimum Gasteiger partial charge on any atom is -0.347 e. The van der Waals surface area contributed by atoms with E-state index in [0.717, 1.165) is 49.4 Å². The van der Waals surface area contributed by atoms with Crippen molar-refractivity contribution in [3.05, 3.63) is 44.8 Å². The number of hydrogen-bond donors (Lipinski definition) is 1. The van der Waals surface area contributed by atoms with Gasteiger partial charge in [0.05, 0.1) is 22.8 Å². The van der Waals surface area contributed by atoms with Crippen LogP contribution in [0.2, 0.25) is 0 Å². The van der Waals surface area contributed by atoms with Gasteiger partial charge in [-0.25, -0.2) is 18.7 Å². The number of thiazole rings is 2. The van der Waals surface area contributed by atoms with E-state index >= 15 is 0 Å². The number of aldehydes is 1. The Balaban J connectivity index is 0.000000463. The number of rotatable bonds is 9. The summed E-state index contributed by atoms with van der Waals surface area (Å²) in [5, 5.41) is 15.7. The second-order valence-electron chi connectivity index (χ2n) is 12.3. The second-order valence-corrected chi connectivity index (χ2v) is 13.7. The summed E-state index contributed by atoms with van der Waals surface area (Å²) in [6.45, 7) is 7.30. The molecule has 234 valence electrons. The molecule has 13 heteroatoms. The molecule has 1 N–H and O–H groups in total. The highest BCUT2D eigenvalue weighted by atomic mass is 32.1. The van der Waals surface area contributed by atoms with Crippen molar-refractivity contribution in [2.45, 2.75) is 115 Å². The zero-order valence-corrected chi connectivity index (χ0v) is 26.6. The molecule has 9 nitrogen and oxygen atoms in total. The van der Waals surface area contributed by atoms with Gasteiger partial charge in [0, 0.05) is 60.1 Å². The molecule has 3 aromatic rings. The number of aryl methyl sites for hydroxylation is 1. The van der Waals surface area contributed by atoms with Crippen molar-refractivity contribution in [1.82, 2.24) is 34.9 Å². The van der Waals surface area contributed by atoms with Crippen molar-refractivity contribution in [3.8, 4) is 0 Å². The Morgan fingerprint density at radius 2 is 1.72 bits per heavy atom. The zero-order valence-electron chi connectivity index (χ0n) is 25.0. The molecule has 1 saturated carbocycles. The molecule has 2 unspecified atom stereocenters. The lowest BCUT2D eigenvalue weighted by molar-refractivity contribution is -0.130. The topological polar surface area (TPSA) is 106 Å². The molecule has 43 heavy (non-hydrogen) atoms. The first kappa shape index (κ1) is 31.8. The monoisotopic (exact) mass is 633 g/mol. The van der Waals surface area contributed by atoms with E-state index in [1.54, 1.807) is 16.4 Å². The molecular weight excluding hydrogens is 593 g/mol. The normalized spacial score (nSPS) is 24.4. The van der Waals surface area contributed by atoms with E-state index < -0.39 is 5.92 Å². The Morgan fingerprint density at radius 3 is 2.28 bits per heavy atom. The maximum atomic E-state index is 13.6. The average Bonchev–Trinajstić information content (AvgIpc) is 3.79. The summed E-state index contributed by atoms with van der Waals surface area (Å²) < 4.78 is 29.5. The van der Waals surface area contributed by atoms with Crippen LogP contribution in [0.1, 0.15) is 117 Å². The quantitative estimate of drug-likeness (QED) is 0.273. The standard InChI is InChI=1S/C26H38F2N6OS.C4H3NOS/c1-16(2)24-32-31-17(3)34(24)21-12-19-4-5-20(13-21)33(19)11-8-22(23-14-36-15-29-23)30-25(35)18-6-9-26(27,28)10-7-18;6-1-4-2-7-3-5-4/h14-16,18-22H,4-13H2,1-3H3,(H,30,35);1-3H/t19?,20?,21?,22-;/m0./s1. The van der Waals surface area contributed by atoms with Crippen molar-refractivity contribution >= 4 is 34.9 Å². The lowest BCUT2D eigenvalue weighted by Crippen LogP contribution is -2.45. The van der Waals surface area contributed by atoms with E-state index in [0.29, 0.717) is 29.7 Å². The van der Waals surface area contributed by atoms with E-state index in [9.17, 15) is 18.4 Å². The molecule has 1 amide bonds. The third-order valence-corrected chi connectivity index (χ3v) is 10.3. The van der Waals surface area contributed by atoms with Crippen LogP contribution in [0, 0.1) is 12.8 Å². The maximum absolute atomic E-state index is 13.6. The molecule has 1 aliphatic carbocycles. The predicted molar refractivity (Wildman–Crippen MR) is 163 cm³/mol. The fourth-order valence-electron chi connectivity index (χ4n) is 6.89. The summed E-state index contributed by atoms with van der Waals surface area (Å²) >= 11 is 2.94. The molecule has 2 saturated heterocycles. The van der Waals surface area contributed by atoms with Gasteiger partial charge in [0.15, 0.2) is 6.29 Å². The number of halogens is 2. The van der Waals surface area contributed by atoms with Gasteiger partial charge >= 0.3 is 0 Å². The zero-order chi connectivity index (χ0) is 30.6. The Labute approximate surface area is 259 Å². The van der Waals surface area contributed by atoms with Gasteiger partial charge in [-0.2, -0.15) is 0 Å². The molecular formula is C30H41F2N7O2S2. The Bertz CT molecular complexity index is 1310. The average molecular weight is 634 g/mol. The van der Waals surface area contributed by atoms with E-state index in [-0.39, 0.29) is 43.6 Å². The number of nitrogens with one attached hydrogen (secondary N) is 1. The highest BCUT2D eigenvalue weighted by molar-refractivity contribution is 7.07. The van der Waals surface area contributed by atoms with Gasteiger partial charge < -0.3 is 9.88 Å². The van der Waals surface area contributed by atoms with Crippen molar-refractivity contribution < 1.29 is 18.4 Å². The van der Waals surface area contributed by atoms with Gasteiger partial charge in [-0.1, -0.05) is 13.8 Å². The molecule has 5 heterocycles. The number of piperidine rings is 1. The summed E-state index contributed by atoms with van der Waals surface area (Å²) in [5.74, 6) is -0.632. The fraction of sp³-hybridized carbons (Fsp3) is 0.667. The van der Waals surface area contributed by atoms with Crippen LogP contribution in [0.3, 0.4) is 0 Å². The highest BCUT2D eigenvalue weighted by Gasteiger charge is 2.43. The van der Waals surface area contributed by atoms with E-state index in [1.165, 1.54) is 35.5 Å². The molecule has 2 bridgehead atoms. The maximum Gasteiger partial charge on any atom is 0.248 e. The third kappa shape index (κ3) is 7.72. The van der Waals surface area contributed by atoms with Crippen LogP contribution in [0.5, 0.6) is 0 Å². The minimum atomic E-state index is -2.63. The number of amides is 1. The summed E-state index contributed by atoms with van der Waals surface area (Å²) in [4.78, 5) is 33.6. The highest BCUT2D eigenvalue weighted by Crippen LogP contribution is 2.42. The first-order valence-electron chi connectivity index (χ1n) is 15.2. The van der Waals surface area contributed by atoms with Crippen LogP contribution in [-0.2, 0) is 4.79 Å². The van der Waals surface area contributed by atoms with Crippen LogP contribution in [0.4, 0.5) is 8.78 Å². The Hall–Kier alpha value is -2.64. The summed E-state index contributed by atoms with van der Waals surface area (Å²) in [7, 11) is 0. The van der Waals surface area contributed by atoms with Gasteiger partial charge in [-0.15, -0.1) is 32.9 Å². The molecule has 3 aromatic heterocycles. The van der Waals surface area contributed by atoms with Gasteiger partial charge in [0.1, 0.15) is 17.3 Å². The molecule has 6 rings (SSSR count). The van der Waals surface area contributed by atoms with Crippen LogP contribution >= 0.6 is 22.7 Å². The molecule has 3 atom stereocenters. The van der Waals surface area contributed by atoms with Gasteiger partial charge in [0.25, 0.3) is 0 Å². The molecule has 0 aromatic carbocycles. The Morgan fingerprint density at radius 1 is 1.05 bits per heavy atom. The van der Waals surface area contributed by atoms with E-state index in [2.05, 4.69) is 55.7 Å². The molecule has 0 spiro atoms. The van der Waals surface area contributed by atoms with Crippen LogP contribution in [0.25, 0.3) is 0 Å². The van der Waals surface area contributed by atoms with Gasteiger partial charge in [-0.05, 0) is 51.9 Å². The lowest BCUT2D eigenvalue weighted by atomic mass is 9.86. The number of hydrogen-bond acceptors (Lipinski definition) is 9. The number of carbonyl (C=O) groups excluding carboxylic acids is 2. The van der Waals surface area contributed by atoms with Gasteiger partial charge in [-0.3, -0.25) is 14.5 Å². The van der Waals surface area contributed by atoms with Crippen molar-refractivity contribution in [3.63, 3.8) is 0 Å². The molecule has 3 aliphatic rings. The van der Waals surface area contributed by atoms with Crippen LogP contribution in [-0.4, -0.2) is 66.4 Å².